The summed E-state index contributed by atoms with van der Waals surface area (Å²) in [5.74, 6) is 0. The molecule has 0 spiro atoms. The molecule has 0 fully saturated rings. The van der Waals surface area contributed by atoms with Gasteiger partial charge in [-0.25, -0.2) is 0 Å². The highest BCUT2D eigenvalue weighted by atomic mass is 35.5. The number of benzene rings is 2. The highest BCUT2D eigenvalue weighted by Crippen LogP contribution is 2.34. The van der Waals surface area contributed by atoms with Crippen LogP contribution in [0.2, 0.25) is 5.02 Å². The van der Waals surface area contributed by atoms with Gasteiger partial charge in [0.25, 0.3) is 0 Å². The van der Waals surface area contributed by atoms with Crippen molar-refractivity contribution in [3.63, 3.8) is 0 Å². The summed E-state index contributed by atoms with van der Waals surface area (Å²) in [7, 11) is 0. The van der Waals surface area contributed by atoms with E-state index < -0.39 is 17.8 Å². The minimum atomic E-state index is -4.39. The lowest BCUT2D eigenvalue weighted by atomic mass is 9.95. The third kappa shape index (κ3) is 3.52. The second-order valence-electron chi connectivity index (χ2n) is 4.52. The molecule has 1 nitrogen and oxygen atoms in total. The fourth-order valence-electron chi connectivity index (χ4n) is 2.06. The van der Waals surface area contributed by atoms with Gasteiger partial charge >= 0.3 is 6.18 Å². The summed E-state index contributed by atoms with van der Waals surface area (Å²) in [5.41, 5.74) is 6.20. The zero-order valence-electron chi connectivity index (χ0n) is 10.5. The summed E-state index contributed by atoms with van der Waals surface area (Å²) < 4.78 is 38.8. The molecule has 5 heteroatoms. The molecular weight excluding hydrogens is 287 g/mol. The van der Waals surface area contributed by atoms with Crippen LogP contribution in [-0.2, 0) is 12.6 Å². The van der Waals surface area contributed by atoms with E-state index in [1.165, 1.54) is 12.1 Å². The minimum absolute atomic E-state index is 0.106. The van der Waals surface area contributed by atoms with E-state index in [2.05, 4.69) is 0 Å². The highest BCUT2D eigenvalue weighted by molar-refractivity contribution is 6.30. The second kappa shape index (κ2) is 5.85. The lowest BCUT2D eigenvalue weighted by Gasteiger charge is -2.18. The third-order valence-corrected chi connectivity index (χ3v) is 3.29. The van der Waals surface area contributed by atoms with E-state index in [1.54, 1.807) is 30.3 Å². The Morgan fingerprint density at radius 1 is 1.00 bits per heavy atom. The maximum absolute atomic E-state index is 12.9. The van der Waals surface area contributed by atoms with Crippen molar-refractivity contribution in [2.24, 2.45) is 5.73 Å². The number of nitrogens with two attached hydrogens (primary N) is 1. The molecule has 0 aliphatic carbocycles. The van der Waals surface area contributed by atoms with Gasteiger partial charge in [0.2, 0.25) is 0 Å². The largest absolute Gasteiger partial charge is 0.416 e. The predicted octanol–water partition coefficient (Wildman–Crippen LogP) is 4.60. The zero-order valence-corrected chi connectivity index (χ0v) is 11.2. The van der Waals surface area contributed by atoms with E-state index in [0.717, 1.165) is 11.6 Å². The average Bonchev–Trinajstić information content (AvgIpc) is 2.40. The third-order valence-electron chi connectivity index (χ3n) is 3.03. The van der Waals surface area contributed by atoms with Crippen molar-refractivity contribution < 1.29 is 13.2 Å². The van der Waals surface area contributed by atoms with Crippen molar-refractivity contribution in [1.82, 2.24) is 0 Å². The van der Waals surface area contributed by atoms with E-state index >= 15 is 0 Å². The molecule has 0 radical (unpaired) electrons. The molecule has 2 aromatic carbocycles. The van der Waals surface area contributed by atoms with Crippen LogP contribution in [0, 0.1) is 0 Å². The summed E-state index contributed by atoms with van der Waals surface area (Å²) in [4.78, 5) is 0. The van der Waals surface area contributed by atoms with E-state index in [9.17, 15) is 13.2 Å². The van der Waals surface area contributed by atoms with Crippen LogP contribution in [0.25, 0.3) is 0 Å². The fourth-order valence-corrected chi connectivity index (χ4v) is 2.19. The molecule has 0 saturated heterocycles. The first-order valence-electron chi connectivity index (χ1n) is 6.04. The van der Waals surface area contributed by atoms with Gasteiger partial charge in [0.15, 0.2) is 0 Å². The summed E-state index contributed by atoms with van der Waals surface area (Å²) >= 11 is 5.77. The van der Waals surface area contributed by atoms with Gasteiger partial charge in [-0.3, -0.25) is 0 Å². The molecule has 0 bridgehead atoms. The van der Waals surface area contributed by atoms with Gasteiger partial charge in [-0.2, -0.15) is 13.2 Å². The van der Waals surface area contributed by atoms with E-state index in [0.29, 0.717) is 11.4 Å². The van der Waals surface area contributed by atoms with Crippen LogP contribution in [0.4, 0.5) is 13.2 Å². The maximum atomic E-state index is 12.9. The van der Waals surface area contributed by atoms with Crippen molar-refractivity contribution in [2.45, 2.75) is 18.6 Å². The summed E-state index contributed by atoms with van der Waals surface area (Å²) in [5, 5.41) is 0.581. The van der Waals surface area contributed by atoms with Gasteiger partial charge in [0, 0.05) is 11.1 Å². The van der Waals surface area contributed by atoms with Gasteiger partial charge in [0.1, 0.15) is 0 Å². The zero-order chi connectivity index (χ0) is 14.8. The van der Waals surface area contributed by atoms with Gasteiger partial charge in [-0.15, -0.1) is 0 Å². The molecule has 0 saturated carbocycles. The Bertz CT molecular complexity index is 578. The molecule has 106 valence electrons. The first kappa shape index (κ1) is 14.9. The maximum Gasteiger partial charge on any atom is 0.416 e. The van der Waals surface area contributed by atoms with Crippen molar-refractivity contribution in [1.29, 1.82) is 0 Å². The van der Waals surface area contributed by atoms with Crippen LogP contribution in [-0.4, -0.2) is 0 Å². The molecule has 0 aromatic heterocycles. The molecule has 1 atom stereocenters. The van der Waals surface area contributed by atoms with Gasteiger partial charge in [0.05, 0.1) is 5.56 Å². The summed E-state index contributed by atoms with van der Waals surface area (Å²) in [6.45, 7) is 0. The van der Waals surface area contributed by atoms with Crippen LogP contribution in [0.1, 0.15) is 22.7 Å². The first-order valence-corrected chi connectivity index (χ1v) is 6.42. The lowest BCUT2D eigenvalue weighted by Crippen LogP contribution is -2.19. The normalized spacial score (nSPS) is 13.2. The molecule has 2 N–H and O–H groups in total. The van der Waals surface area contributed by atoms with Gasteiger partial charge in [-0.05, 0) is 35.7 Å². The van der Waals surface area contributed by atoms with Crippen molar-refractivity contribution in [3.8, 4) is 0 Å². The topological polar surface area (TPSA) is 26.0 Å². The van der Waals surface area contributed by atoms with Crippen molar-refractivity contribution in [2.75, 3.05) is 0 Å². The van der Waals surface area contributed by atoms with Crippen LogP contribution < -0.4 is 5.73 Å². The van der Waals surface area contributed by atoms with Crippen molar-refractivity contribution >= 4 is 11.6 Å². The van der Waals surface area contributed by atoms with E-state index in [4.69, 9.17) is 17.3 Å². The Labute approximate surface area is 120 Å². The SMILES string of the molecule is NC(Cc1ccc(Cl)cc1)c1ccccc1C(F)(F)F. The molecule has 2 rings (SSSR count). The Hall–Kier alpha value is -1.52. The van der Waals surface area contributed by atoms with Crippen LogP contribution in [0.15, 0.2) is 48.5 Å². The van der Waals surface area contributed by atoms with Crippen LogP contribution >= 0.6 is 11.6 Å². The standard InChI is InChI=1S/C15H13ClF3N/c16-11-7-5-10(6-8-11)9-14(20)12-3-1-2-4-13(12)15(17,18)19/h1-8,14H,9,20H2. The second-order valence-corrected chi connectivity index (χ2v) is 4.96. The Morgan fingerprint density at radius 3 is 2.20 bits per heavy atom. The monoisotopic (exact) mass is 299 g/mol. The minimum Gasteiger partial charge on any atom is -0.324 e. The average molecular weight is 300 g/mol. The molecule has 1 unspecified atom stereocenters. The predicted molar refractivity (Wildman–Crippen MR) is 73.5 cm³/mol. The molecule has 0 amide bonds. The summed E-state index contributed by atoms with van der Waals surface area (Å²) in [6.07, 6.45) is -4.07. The van der Waals surface area contributed by atoms with Gasteiger partial charge < -0.3 is 5.73 Å². The molecule has 0 aliphatic rings. The summed E-state index contributed by atoms with van der Waals surface area (Å²) in [6, 6.07) is 11.6. The highest BCUT2D eigenvalue weighted by Gasteiger charge is 2.34. The molecule has 0 aliphatic heterocycles. The molecular formula is C15H13ClF3N. The number of hydrogen-bond acceptors (Lipinski definition) is 1. The molecule has 0 heterocycles. The van der Waals surface area contributed by atoms with E-state index in [1.807, 2.05) is 0 Å². The lowest BCUT2D eigenvalue weighted by molar-refractivity contribution is -0.138. The Kier molecular flexibility index (Phi) is 4.35. The Balaban J connectivity index is 2.25. The number of rotatable bonds is 3. The van der Waals surface area contributed by atoms with E-state index in [-0.39, 0.29) is 5.56 Å². The molecule has 2 aromatic rings. The van der Waals surface area contributed by atoms with Crippen molar-refractivity contribution in [3.05, 3.63) is 70.2 Å². The number of hydrogen-bond donors (Lipinski definition) is 1. The van der Waals surface area contributed by atoms with Crippen LogP contribution in [0.5, 0.6) is 0 Å². The number of alkyl halides is 3. The van der Waals surface area contributed by atoms with Crippen LogP contribution in [0.3, 0.4) is 0 Å². The number of halogens is 4. The fraction of sp³-hybridized carbons (Fsp3) is 0.200. The molecule has 20 heavy (non-hydrogen) atoms. The quantitative estimate of drug-likeness (QED) is 0.880. The first-order chi connectivity index (χ1) is 9.38. The van der Waals surface area contributed by atoms with Gasteiger partial charge in [-0.1, -0.05) is 41.9 Å². The Morgan fingerprint density at radius 2 is 1.60 bits per heavy atom. The smallest absolute Gasteiger partial charge is 0.324 e.